The number of aryl methyl sites for hydroxylation is 2. The number of halogens is 1. The molecule has 0 saturated carbocycles. The molecule has 3 N–H and O–H groups in total. The lowest BCUT2D eigenvalue weighted by atomic mass is 10.1. The molecule has 2 atom stereocenters. The third kappa shape index (κ3) is 5.95. The lowest BCUT2D eigenvalue weighted by molar-refractivity contribution is -0.121. The predicted molar refractivity (Wildman–Crippen MR) is 133 cm³/mol. The largest absolute Gasteiger partial charge is 0.347 e. The predicted octanol–water partition coefficient (Wildman–Crippen LogP) is 4.46. The van der Waals surface area contributed by atoms with Gasteiger partial charge in [0.05, 0.1) is 12.5 Å². The number of imide groups is 1. The van der Waals surface area contributed by atoms with E-state index in [0.29, 0.717) is 10.7 Å². The van der Waals surface area contributed by atoms with E-state index >= 15 is 0 Å². The Labute approximate surface area is 208 Å². The third-order valence-electron chi connectivity index (χ3n) is 5.80. The fourth-order valence-electron chi connectivity index (χ4n) is 3.78. The van der Waals surface area contributed by atoms with Crippen LogP contribution in [0.2, 0.25) is 5.02 Å². The van der Waals surface area contributed by atoms with Gasteiger partial charge in [-0.3, -0.25) is 9.69 Å². The molecule has 2 aromatic carbocycles. The van der Waals surface area contributed by atoms with Crippen molar-refractivity contribution >= 4 is 35.3 Å². The Morgan fingerprint density at radius 3 is 2.46 bits per heavy atom. The molecule has 11 heteroatoms. The van der Waals surface area contributed by atoms with Crippen LogP contribution in [0.3, 0.4) is 0 Å². The number of nitroso groups, excluding NO2 is 1. The molecule has 1 heterocycles. The monoisotopic (exact) mass is 500 g/mol. The van der Waals surface area contributed by atoms with E-state index in [1.165, 1.54) is 11.8 Å². The number of nitrogens with one attached hydrogen (secondary N) is 1. The topological polar surface area (TPSA) is 128 Å². The van der Waals surface area contributed by atoms with Gasteiger partial charge in [-0.15, -0.1) is 4.91 Å². The first-order valence-corrected chi connectivity index (χ1v) is 11.7. The van der Waals surface area contributed by atoms with E-state index in [1.54, 1.807) is 6.07 Å². The molecule has 1 unspecified atom stereocenters. The van der Waals surface area contributed by atoms with Gasteiger partial charge in [0.15, 0.2) is 0 Å². The standard InChI is InChI=1S/C24H29ClN6O4/c1-4-5-18-10-11-19(12-20(18)25)27-22-29(14-17-8-6-15(2)7-9-17)23(33)30(24(34)31(22)26)13-16(3)21(32)28-35/h6-12,16,22,27H,4-5,13-14,26H2,1-3H3/t16-,22?/m0/s1. The molecular formula is C24H29ClN6O4. The van der Waals surface area contributed by atoms with E-state index in [4.69, 9.17) is 17.4 Å². The van der Waals surface area contributed by atoms with Gasteiger partial charge in [0, 0.05) is 22.4 Å². The molecular weight excluding hydrogens is 472 g/mol. The molecule has 0 radical (unpaired) electrons. The molecule has 0 bridgehead atoms. The van der Waals surface area contributed by atoms with Crippen molar-refractivity contribution in [1.82, 2.24) is 14.8 Å². The fraction of sp³-hybridized carbons (Fsp3) is 0.375. The highest BCUT2D eigenvalue weighted by Gasteiger charge is 2.44. The highest BCUT2D eigenvalue weighted by molar-refractivity contribution is 6.31. The van der Waals surface area contributed by atoms with Gasteiger partial charge in [-0.2, -0.15) is 0 Å². The molecule has 5 amide bonds. The number of carbonyl (C=O) groups is 3. The van der Waals surface area contributed by atoms with Crippen LogP contribution < -0.4 is 11.2 Å². The molecule has 0 spiro atoms. The second-order valence-electron chi connectivity index (χ2n) is 8.60. The number of benzene rings is 2. The summed E-state index contributed by atoms with van der Waals surface area (Å²) in [6, 6.07) is 11.5. The van der Waals surface area contributed by atoms with Gasteiger partial charge < -0.3 is 5.32 Å². The van der Waals surface area contributed by atoms with Gasteiger partial charge in [-0.1, -0.05) is 67.8 Å². The summed E-state index contributed by atoms with van der Waals surface area (Å²) >= 11 is 6.42. The van der Waals surface area contributed by atoms with Crippen LogP contribution >= 0.6 is 11.6 Å². The Morgan fingerprint density at radius 1 is 1.17 bits per heavy atom. The summed E-state index contributed by atoms with van der Waals surface area (Å²) < 4.78 is 0. The van der Waals surface area contributed by atoms with Crippen LogP contribution in [0.4, 0.5) is 15.3 Å². The van der Waals surface area contributed by atoms with Crippen molar-refractivity contribution in [2.24, 2.45) is 16.9 Å². The molecule has 2 aromatic rings. The van der Waals surface area contributed by atoms with E-state index in [1.807, 2.05) is 43.3 Å². The maximum absolute atomic E-state index is 13.5. The lowest BCUT2D eigenvalue weighted by Crippen LogP contribution is -2.70. The zero-order valence-electron chi connectivity index (χ0n) is 19.9. The van der Waals surface area contributed by atoms with Crippen LogP contribution in [0.25, 0.3) is 0 Å². The first-order valence-electron chi connectivity index (χ1n) is 11.3. The SMILES string of the molecule is CCCc1ccc(NC2N(N)C(=O)N(C[C@H](C)C(=O)N=O)C(=O)N2Cc2ccc(C)cc2)cc1Cl. The van der Waals surface area contributed by atoms with E-state index in [9.17, 15) is 19.3 Å². The van der Waals surface area contributed by atoms with Gasteiger partial charge in [-0.05, 0) is 36.6 Å². The Hall–Kier alpha value is -3.50. The van der Waals surface area contributed by atoms with Crippen LogP contribution in [0.5, 0.6) is 0 Å². The summed E-state index contributed by atoms with van der Waals surface area (Å²) in [4.78, 5) is 51.0. The first kappa shape index (κ1) is 26.1. The number of urea groups is 2. The minimum Gasteiger partial charge on any atom is -0.347 e. The number of hydrogen-bond donors (Lipinski definition) is 2. The van der Waals surface area contributed by atoms with Crippen LogP contribution in [0.1, 0.15) is 37.0 Å². The van der Waals surface area contributed by atoms with Crippen LogP contribution in [-0.2, 0) is 17.8 Å². The van der Waals surface area contributed by atoms with Crippen molar-refractivity contribution in [2.75, 3.05) is 11.9 Å². The van der Waals surface area contributed by atoms with Gasteiger partial charge in [0.2, 0.25) is 6.29 Å². The van der Waals surface area contributed by atoms with Crippen molar-refractivity contribution < 1.29 is 14.4 Å². The number of nitrogens with zero attached hydrogens (tertiary/aromatic N) is 4. The zero-order chi connectivity index (χ0) is 25.7. The van der Waals surface area contributed by atoms with Crippen LogP contribution in [0.15, 0.2) is 47.6 Å². The van der Waals surface area contributed by atoms with Gasteiger partial charge >= 0.3 is 12.1 Å². The summed E-state index contributed by atoms with van der Waals surface area (Å²) in [5, 5.41) is 6.97. The minimum atomic E-state index is -1.03. The average Bonchev–Trinajstić information content (AvgIpc) is 2.84. The molecule has 10 nitrogen and oxygen atoms in total. The Kier molecular flexibility index (Phi) is 8.42. The number of anilines is 1. The molecule has 3 rings (SSSR count). The Bertz CT molecular complexity index is 1110. The molecule has 1 fully saturated rings. The van der Waals surface area contributed by atoms with E-state index in [-0.39, 0.29) is 13.1 Å². The third-order valence-corrected chi connectivity index (χ3v) is 6.15. The van der Waals surface area contributed by atoms with Crippen molar-refractivity contribution in [3.63, 3.8) is 0 Å². The summed E-state index contributed by atoms with van der Waals surface area (Å²) in [6.07, 6.45) is 0.731. The van der Waals surface area contributed by atoms with Crippen molar-refractivity contribution in [3.05, 3.63) is 69.1 Å². The van der Waals surface area contributed by atoms with Gasteiger partial charge in [0.1, 0.15) is 0 Å². The highest BCUT2D eigenvalue weighted by Crippen LogP contribution is 2.26. The van der Waals surface area contributed by atoms with Crippen LogP contribution in [-0.4, -0.2) is 45.6 Å². The molecule has 0 aliphatic carbocycles. The molecule has 1 aliphatic rings. The first-order chi connectivity index (χ1) is 16.7. The second kappa shape index (κ2) is 11.3. The summed E-state index contributed by atoms with van der Waals surface area (Å²) in [6.45, 7) is 5.23. The highest BCUT2D eigenvalue weighted by atomic mass is 35.5. The summed E-state index contributed by atoms with van der Waals surface area (Å²) in [7, 11) is 0. The average molecular weight is 501 g/mol. The molecule has 1 saturated heterocycles. The summed E-state index contributed by atoms with van der Waals surface area (Å²) in [5.41, 5.74) is 3.44. The molecule has 1 aliphatic heterocycles. The van der Waals surface area contributed by atoms with E-state index in [0.717, 1.165) is 39.4 Å². The lowest BCUT2D eigenvalue weighted by Gasteiger charge is -2.45. The van der Waals surface area contributed by atoms with Crippen LogP contribution in [0, 0.1) is 17.7 Å². The number of rotatable bonds is 9. The normalized spacial score (nSPS) is 16.9. The number of amides is 5. The van der Waals surface area contributed by atoms with Crippen molar-refractivity contribution in [1.29, 1.82) is 0 Å². The number of carbonyl (C=O) groups excluding carboxylic acids is 3. The van der Waals surface area contributed by atoms with E-state index in [2.05, 4.69) is 17.4 Å². The number of hydrogen-bond acceptors (Lipinski definition) is 6. The molecule has 186 valence electrons. The Morgan fingerprint density at radius 2 is 1.86 bits per heavy atom. The van der Waals surface area contributed by atoms with E-state index < -0.39 is 30.2 Å². The minimum absolute atomic E-state index is 0.129. The molecule has 35 heavy (non-hydrogen) atoms. The smallest absolute Gasteiger partial charge is 0.345 e. The second-order valence-corrected chi connectivity index (χ2v) is 9.01. The zero-order valence-corrected chi connectivity index (χ0v) is 20.7. The quantitative estimate of drug-likeness (QED) is 0.297. The maximum Gasteiger partial charge on any atom is 0.345 e. The number of nitrogens with two attached hydrogens (primary N) is 1. The Balaban J connectivity index is 1.93. The van der Waals surface area contributed by atoms with Crippen molar-refractivity contribution in [2.45, 2.75) is 46.4 Å². The fourth-order valence-corrected chi connectivity index (χ4v) is 4.06. The molecule has 0 aromatic heterocycles. The van der Waals surface area contributed by atoms with Gasteiger partial charge in [0.25, 0.3) is 5.91 Å². The van der Waals surface area contributed by atoms with Gasteiger partial charge in [-0.25, -0.2) is 25.3 Å². The van der Waals surface area contributed by atoms with Crippen molar-refractivity contribution in [3.8, 4) is 0 Å². The summed E-state index contributed by atoms with van der Waals surface area (Å²) in [5.74, 6) is 4.25. The maximum atomic E-state index is 13.5. The number of hydrazine groups is 1.